The summed E-state index contributed by atoms with van der Waals surface area (Å²) < 4.78 is 11.4. The van der Waals surface area contributed by atoms with Gasteiger partial charge in [-0.05, 0) is 38.3 Å². The molecule has 0 unspecified atom stereocenters. The lowest BCUT2D eigenvalue weighted by atomic mass is 10.1. The average molecular weight is 463 g/mol. The van der Waals surface area contributed by atoms with E-state index in [1.165, 1.54) is 12.4 Å². The molecule has 3 heterocycles. The Balaban J connectivity index is 1.36. The van der Waals surface area contributed by atoms with Crippen molar-refractivity contribution in [3.63, 3.8) is 0 Å². The van der Waals surface area contributed by atoms with Crippen LogP contribution in [0.4, 0.5) is 16.3 Å². The Bertz CT molecular complexity index is 1340. The molecule has 3 aromatic heterocycles. The molecule has 0 fully saturated rings. The van der Waals surface area contributed by atoms with Crippen LogP contribution >= 0.6 is 0 Å². The van der Waals surface area contributed by atoms with Crippen LogP contribution in [0.3, 0.4) is 0 Å². The van der Waals surface area contributed by atoms with Crippen molar-refractivity contribution in [2.75, 3.05) is 17.2 Å². The number of ether oxygens (including phenoxy) is 1. The lowest BCUT2D eigenvalue weighted by molar-refractivity contribution is -0.115. The Kier molecular flexibility index (Phi) is 6.26. The van der Waals surface area contributed by atoms with Crippen LogP contribution in [0.25, 0.3) is 22.2 Å². The third-order valence-corrected chi connectivity index (χ3v) is 4.64. The molecule has 176 valence electrons. The minimum Gasteiger partial charge on any atom is -0.442 e. The Hall–Kier alpha value is -4.28. The maximum absolute atomic E-state index is 12.4. The molecule has 0 aliphatic rings. The van der Waals surface area contributed by atoms with Gasteiger partial charge in [0, 0.05) is 37.0 Å². The molecule has 0 saturated heterocycles. The Morgan fingerprint density at radius 2 is 2.03 bits per heavy atom. The van der Waals surface area contributed by atoms with Gasteiger partial charge in [-0.1, -0.05) is 17.3 Å². The first-order chi connectivity index (χ1) is 16.2. The van der Waals surface area contributed by atoms with E-state index in [-0.39, 0.29) is 12.3 Å². The van der Waals surface area contributed by atoms with Crippen LogP contribution < -0.4 is 10.6 Å². The van der Waals surface area contributed by atoms with Gasteiger partial charge in [0.2, 0.25) is 17.6 Å². The second kappa shape index (κ2) is 9.30. The summed E-state index contributed by atoms with van der Waals surface area (Å²) in [5.41, 5.74) is 0.568. The molecular formula is C23H25N7O4. The van der Waals surface area contributed by atoms with E-state index in [4.69, 9.17) is 9.26 Å². The van der Waals surface area contributed by atoms with Crippen LogP contribution in [0.15, 0.2) is 47.4 Å². The first-order valence-electron chi connectivity index (χ1n) is 10.7. The third kappa shape index (κ3) is 5.55. The molecule has 0 atom stereocenters. The quantitative estimate of drug-likeness (QED) is 0.434. The fraction of sp³-hybridized carbons (Fsp3) is 0.304. The summed E-state index contributed by atoms with van der Waals surface area (Å²) >= 11 is 0. The van der Waals surface area contributed by atoms with E-state index in [1.807, 2.05) is 24.3 Å². The van der Waals surface area contributed by atoms with Crippen molar-refractivity contribution in [2.24, 2.45) is 0 Å². The number of benzene rings is 1. The minimum atomic E-state index is -0.640. The van der Waals surface area contributed by atoms with Crippen molar-refractivity contribution in [2.45, 2.75) is 39.7 Å². The van der Waals surface area contributed by atoms with Crippen LogP contribution in [0.2, 0.25) is 0 Å². The van der Waals surface area contributed by atoms with Crippen LogP contribution in [-0.2, 0) is 9.53 Å². The van der Waals surface area contributed by atoms with Crippen molar-refractivity contribution < 1.29 is 18.8 Å². The van der Waals surface area contributed by atoms with Gasteiger partial charge in [0.05, 0.1) is 18.1 Å². The molecule has 34 heavy (non-hydrogen) atoms. The van der Waals surface area contributed by atoms with Crippen LogP contribution in [-0.4, -0.2) is 49.1 Å². The van der Waals surface area contributed by atoms with Gasteiger partial charge in [0.1, 0.15) is 11.4 Å². The zero-order chi connectivity index (χ0) is 24.3. The normalized spacial score (nSPS) is 11.4. The standard InChI is InChI=1S/C23H25N7O4/c1-14-27-20(29-34-14)16-6-5-15-7-9-24-21(18(15)11-16)25-10-8-19(31)28-17-12-26-30(13-17)22(32)33-23(2,3)4/h5-7,9,11-13H,8,10H2,1-4H3,(H,24,25)(H,28,31). The molecule has 0 aliphatic carbocycles. The smallest absolute Gasteiger partial charge is 0.435 e. The van der Waals surface area contributed by atoms with Crippen molar-refractivity contribution in [1.29, 1.82) is 0 Å². The number of hydrogen-bond donors (Lipinski definition) is 2. The van der Waals surface area contributed by atoms with E-state index in [2.05, 4.69) is 30.9 Å². The fourth-order valence-corrected chi connectivity index (χ4v) is 3.18. The maximum Gasteiger partial charge on any atom is 0.435 e. The van der Waals surface area contributed by atoms with E-state index in [0.29, 0.717) is 29.8 Å². The highest BCUT2D eigenvalue weighted by molar-refractivity contribution is 5.95. The zero-order valence-corrected chi connectivity index (χ0v) is 19.3. The highest BCUT2D eigenvalue weighted by Crippen LogP contribution is 2.26. The number of aryl methyl sites for hydroxylation is 1. The number of rotatable bonds is 6. The molecule has 2 N–H and O–H groups in total. The molecular weight excluding hydrogens is 438 g/mol. The third-order valence-electron chi connectivity index (χ3n) is 4.64. The summed E-state index contributed by atoms with van der Waals surface area (Å²) in [7, 11) is 0. The average Bonchev–Trinajstić information content (AvgIpc) is 3.41. The van der Waals surface area contributed by atoms with Gasteiger partial charge in [-0.2, -0.15) is 14.8 Å². The highest BCUT2D eigenvalue weighted by atomic mass is 16.6. The van der Waals surface area contributed by atoms with E-state index in [0.717, 1.165) is 21.0 Å². The van der Waals surface area contributed by atoms with E-state index < -0.39 is 11.7 Å². The first kappa shape index (κ1) is 22.9. The highest BCUT2D eigenvalue weighted by Gasteiger charge is 2.19. The fourth-order valence-electron chi connectivity index (χ4n) is 3.18. The number of fused-ring (bicyclic) bond motifs is 1. The molecule has 0 aliphatic heterocycles. The number of amides is 1. The molecule has 1 aromatic carbocycles. The van der Waals surface area contributed by atoms with Gasteiger partial charge in [-0.25, -0.2) is 9.78 Å². The summed E-state index contributed by atoms with van der Waals surface area (Å²) in [6, 6.07) is 7.71. The number of carbonyl (C=O) groups is 2. The topological polar surface area (TPSA) is 137 Å². The molecule has 0 spiro atoms. The number of anilines is 2. The summed E-state index contributed by atoms with van der Waals surface area (Å²) in [4.78, 5) is 33.1. The molecule has 0 bridgehead atoms. The van der Waals surface area contributed by atoms with Gasteiger partial charge in [-0.3, -0.25) is 4.79 Å². The van der Waals surface area contributed by atoms with Crippen LogP contribution in [0, 0.1) is 6.92 Å². The van der Waals surface area contributed by atoms with E-state index in [1.54, 1.807) is 33.9 Å². The van der Waals surface area contributed by atoms with Gasteiger partial charge in [0.15, 0.2) is 0 Å². The second-order valence-electron chi connectivity index (χ2n) is 8.61. The van der Waals surface area contributed by atoms with Crippen molar-refractivity contribution in [1.82, 2.24) is 24.9 Å². The van der Waals surface area contributed by atoms with Crippen molar-refractivity contribution in [3.05, 3.63) is 48.7 Å². The lowest BCUT2D eigenvalue weighted by Gasteiger charge is -2.18. The van der Waals surface area contributed by atoms with Gasteiger partial charge < -0.3 is 19.9 Å². The molecule has 1 amide bonds. The monoisotopic (exact) mass is 463 g/mol. The van der Waals surface area contributed by atoms with Gasteiger partial charge in [0.25, 0.3) is 0 Å². The predicted octanol–water partition coefficient (Wildman–Crippen LogP) is 4.01. The summed E-state index contributed by atoms with van der Waals surface area (Å²) in [6.07, 6.45) is 4.06. The lowest BCUT2D eigenvalue weighted by Crippen LogP contribution is -2.27. The zero-order valence-electron chi connectivity index (χ0n) is 19.3. The number of pyridine rings is 1. The summed E-state index contributed by atoms with van der Waals surface area (Å²) in [6.45, 7) is 7.38. The van der Waals surface area contributed by atoms with Gasteiger partial charge in [-0.15, -0.1) is 0 Å². The largest absolute Gasteiger partial charge is 0.442 e. The minimum absolute atomic E-state index is 0.180. The first-order valence-corrected chi connectivity index (χ1v) is 10.7. The Labute approximate surface area is 195 Å². The molecule has 0 radical (unpaired) electrons. The molecule has 4 rings (SSSR count). The second-order valence-corrected chi connectivity index (χ2v) is 8.61. The van der Waals surface area contributed by atoms with Crippen LogP contribution in [0.5, 0.6) is 0 Å². The van der Waals surface area contributed by atoms with Gasteiger partial charge >= 0.3 is 6.09 Å². The predicted molar refractivity (Wildman–Crippen MR) is 125 cm³/mol. The molecule has 11 nitrogen and oxygen atoms in total. The molecule has 4 aromatic rings. The van der Waals surface area contributed by atoms with Crippen molar-refractivity contribution in [3.8, 4) is 11.4 Å². The number of aromatic nitrogens is 5. The molecule has 0 saturated carbocycles. The maximum atomic E-state index is 12.4. The SMILES string of the molecule is Cc1nc(-c2ccc3ccnc(NCCC(=O)Nc4cnn(C(=O)OC(C)(C)C)c4)c3c2)no1. The summed E-state index contributed by atoms with van der Waals surface area (Å²) in [5.74, 6) is 1.40. The van der Waals surface area contributed by atoms with Crippen LogP contribution in [0.1, 0.15) is 33.1 Å². The number of nitrogens with one attached hydrogen (secondary N) is 2. The van der Waals surface area contributed by atoms with E-state index >= 15 is 0 Å². The number of carbonyl (C=O) groups excluding carboxylic acids is 2. The Morgan fingerprint density at radius 3 is 2.76 bits per heavy atom. The van der Waals surface area contributed by atoms with E-state index in [9.17, 15) is 9.59 Å². The summed E-state index contributed by atoms with van der Waals surface area (Å²) in [5, 5.41) is 15.7. The molecule has 11 heteroatoms. The number of hydrogen-bond acceptors (Lipinski definition) is 9. The Morgan fingerprint density at radius 1 is 1.21 bits per heavy atom. The number of nitrogens with zero attached hydrogens (tertiary/aromatic N) is 5. The van der Waals surface area contributed by atoms with Crippen molar-refractivity contribution >= 4 is 34.3 Å².